The highest BCUT2D eigenvalue weighted by molar-refractivity contribution is 5.92. The van der Waals surface area contributed by atoms with Gasteiger partial charge in [0.05, 0.1) is 23.1 Å². The summed E-state index contributed by atoms with van der Waals surface area (Å²) in [5, 5.41) is 16.8. The molecule has 1 amide bonds. The lowest BCUT2D eigenvalue weighted by Crippen LogP contribution is -2.40. The van der Waals surface area contributed by atoms with E-state index in [4.69, 9.17) is 10.2 Å². The molecular formula is C29H31N5O3. The van der Waals surface area contributed by atoms with Crippen LogP contribution in [-0.4, -0.2) is 34.1 Å². The van der Waals surface area contributed by atoms with Crippen LogP contribution in [0.4, 0.5) is 0 Å². The van der Waals surface area contributed by atoms with Gasteiger partial charge in [-0.15, -0.1) is 0 Å². The van der Waals surface area contributed by atoms with E-state index in [0.29, 0.717) is 59.5 Å². The van der Waals surface area contributed by atoms with Gasteiger partial charge in [0.25, 0.3) is 5.91 Å². The van der Waals surface area contributed by atoms with Gasteiger partial charge in [0.2, 0.25) is 0 Å². The van der Waals surface area contributed by atoms with Gasteiger partial charge < -0.3 is 15.1 Å². The summed E-state index contributed by atoms with van der Waals surface area (Å²) >= 11 is 0. The van der Waals surface area contributed by atoms with E-state index in [1.165, 1.54) is 0 Å². The number of amides is 1. The highest BCUT2D eigenvalue weighted by Crippen LogP contribution is 2.34. The van der Waals surface area contributed by atoms with Crippen LogP contribution in [0.15, 0.2) is 63.8 Å². The van der Waals surface area contributed by atoms with Crippen molar-refractivity contribution in [2.24, 2.45) is 11.7 Å². The van der Waals surface area contributed by atoms with Crippen molar-refractivity contribution in [2.75, 3.05) is 13.1 Å². The van der Waals surface area contributed by atoms with Gasteiger partial charge in [-0.3, -0.25) is 14.7 Å². The van der Waals surface area contributed by atoms with Crippen molar-refractivity contribution in [3.05, 3.63) is 98.7 Å². The van der Waals surface area contributed by atoms with Crippen LogP contribution in [0.25, 0.3) is 11.0 Å². The monoisotopic (exact) mass is 497 g/mol. The molecule has 0 saturated carbocycles. The van der Waals surface area contributed by atoms with Crippen LogP contribution in [0.3, 0.4) is 0 Å². The summed E-state index contributed by atoms with van der Waals surface area (Å²) in [7, 11) is 0. The molecule has 0 aliphatic heterocycles. The van der Waals surface area contributed by atoms with E-state index < -0.39 is 6.04 Å². The molecule has 190 valence electrons. The van der Waals surface area contributed by atoms with E-state index in [0.717, 1.165) is 11.3 Å². The van der Waals surface area contributed by atoms with Crippen molar-refractivity contribution in [3.63, 3.8) is 0 Å². The number of carbonyl (C=O) groups excluding carboxylic acids is 1. The smallest absolute Gasteiger partial charge is 0.274 e. The van der Waals surface area contributed by atoms with E-state index in [9.17, 15) is 14.9 Å². The number of aromatic amines is 1. The fraction of sp³-hybridized carbons (Fsp3) is 0.310. The highest BCUT2D eigenvalue weighted by Gasteiger charge is 2.34. The number of aryl methyl sites for hydroxylation is 1. The first-order chi connectivity index (χ1) is 17.8. The van der Waals surface area contributed by atoms with Crippen molar-refractivity contribution >= 4 is 16.9 Å². The number of benzene rings is 2. The second kappa shape index (κ2) is 11.2. The summed E-state index contributed by atoms with van der Waals surface area (Å²) in [6, 6.07) is 17.8. The molecular weight excluding hydrogens is 466 g/mol. The number of nitrogens with one attached hydrogen (secondary N) is 1. The van der Waals surface area contributed by atoms with E-state index in [-0.39, 0.29) is 17.3 Å². The Morgan fingerprint density at radius 1 is 1.19 bits per heavy atom. The molecule has 0 aliphatic carbocycles. The first kappa shape index (κ1) is 25.9. The third-order valence-corrected chi connectivity index (χ3v) is 6.40. The summed E-state index contributed by atoms with van der Waals surface area (Å²) in [6.45, 7) is 6.59. The van der Waals surface area contributed by atoms with E-state index in [1.807, 2.05) is 51.1 Å². The number of nitriles is 1. The average Bonchev–Trinajstić information content (AvgIpc) is 3.34. The van der Waals surface area contributed by atoms with Gasteiger partial charge in [-0.2, -0.15) is 10.4 Å². The minimum absolute atomic E-state index is 0.101. The van der Waals surface area contributed by atoms with E-state index >= 15 is 0 Å². The molecule has 0 spiro atoms. The van der Waals surface area contributed by atoms with Crippen LogP contribution in [-0.2, 0) is 6.42 Å². The molecule has 8 nitrogen and oxygen atoms in total. The molecule has 1 atom stereocenters. The third-order valence-electron chi connectivity index (χ3n) is 6.40. The fourth-order valence-electron chi connectivity index (χ4n) is 4.63. The number of hydrogen-bond acceptors (Lipinski definition) is 6. The molecule has 4 rings (SSSR count). The molecule has 4 aromatic rings. The SMILES string of the molecule is Cc1cc(C(=O)N(CCCN)C(c2oc3cc(C#N)ccc3c(=O)c2Cc2ccccc2)C(C)C)n[nH]1. The lowest BCUT2D eigenvalue weighted by Gasteiger charge is -2.34. The number of carbonyl (C=O) groups is 1. The van der Waals surface area contributed by atoms with Gasteiger partial charge in [-0.25, -0.2) is 0 Å². The standard InChI is InChI=1S/C29H31N5O3/c1-18(2)26(34(13-7-12-30)29(36)24-14-19(3)32-33-24)28-23(15-20-8-5-4-6-9-20)27(35)22-11-10-21(17-31)16-25(22)37-28/h4-6,8-11,14,16,18,26H,7,12-13,15,30H2,1-3H3,(H,32,33). The Balaban J connectivity index is 1.95. The van der Waals surface area contributed by atoms with Crippen LogP contribution in [0.5, 0.6) is 0 Å². The Labute approximate surface area is 215 Å². The van der Waals surface area contributed by atoms with Crippen LogP contribution < -0.4 is 11.2 Å². The molecule has 3 N–H and O–H groups in total. The number of H-pyrrole nitrogens is 1. The number of rotatable bonds is 9. The summed E-state index contributed by atoms with van der Waals surface area (Å²) in [4.78, 5) is 29.3. The molecule has 8 heteroatoms. The molecule has 0 saturated heterocycles. The summed E-state index contributed by atoms with van der Waals surface area (Å²) in [5.41, 5.74) is 8.89. The van der Waals surface area contributed by atoms with Gasteiger partial charge in [0.1, 0.15) is 17.0 Å². The number of hydrogen-bond donors (Lipinski definition) is 2. The minimum atomic E-state index is -0.558. The first-order valence-electron chi connectivity index (χ1n) is 12.4. The summed E-state index contributed by atoms with van der Waals surface area (Å²) in [6.07, 6.45) is 0.918. The first-order valence-corrected chi connectivity index (χ1v) is 12.4. The highest BCUT2D eigenvalue weighted by atomic mass is 16.3. The Bertz CT molecular complexity index is 1500. The molecule has 1 unspecified atom stereocenters. The maximum absolute atomic E-state index is 13.9. The van der Waals surface area contributed by atoms with Crippen molar-refractivity contribution in [1.29, 1.82) is 5.26 Å². The van der Waals surface area contributed by atoms with E-state index in [1.54, 1.807) is 29.2 Å². The maximum atomic E-state index is 13.9. The van der Waals surface area contributed by atoms with Crippen molar-refractivity contribution in [3.8, 4) is 6.07 Å². The van der Waals surface area contributed by atoms with Crippen LogP contribution in [0.1, 0.15) is 64.9 Å². The Morgan fingerprint density at radius 2 is 1.95 bits per heavy atom. The van der Waals surface area contributed by atoms with Crippen LogP contribution in [0, 0.1) is 24.2 Å². The molecule has 0 fully saturated rings. The van der Waals surface area contributed by atoms with Gasteiger partial charge in [0.15, 0.2) is 5.43 Å². The number of aromatic nitrogens is 2. The zero-order chi connectivity index (χ0) is 26.5. The number of nitrogens with two attached hydrogens (primary N) is 1. The lowest BCUT2D eigenvalue weighted by atomic mass is 9.92. The van der Waals surface area contributed by atoms with Crippen molar-refractivity contribution in [2.45, 2.75) is 39.7 Å². The largest absolute Gasteiger partial charge is 0.458 e. The van der Waals surface area contributed by atoms with Gasteiger partial charge >= 0.3 is 0 Å². The third kappa shape index (κ3) is 5.47. The van der Waals surface area contributed by atoms with Crippen molar-refractivity contribution < 1.29 is 9.21 Å². The predicted octanol–water partition coefficient (Wildman–Crippen LogP) is 4.48. The van der Waals surface area contributed by atoms with Gasteiger partial charge in [0, 0.05) is 24.2 Å². The topological polar surface area (TPSA) is 129 Å². The molecule has 0 radical (unpaired) electrons. The van der Waals surface area contributed by atoms with Crippen LogP contribution >= 0.6 is 0 Å². The fourth-order valence-corrected chi connectivity index (χ4v) is 4.63. The van der Waals surface area contributed by atoms with Gasteiger partial charge in [-0.1, -0.05) is 44.2 Å². The minimum Gasteiger partial charge on any atom is -0.458 e. The molecule has 2 heterocycles. The second-order valence-corrected chi connectivity index (χ2v) is 9.52. The van der Waals surface area contributed by atoms with Crippen LogP contribution in [0.2, 0.25) is 0 Å². The zero-order valence-electron chi connectivity index (χ0n) is 21.3. The average molecular weight is 498 g/mol. The van der Waals surface area contributed by atoms with Gasteiger partial charge in [-0.05, 0) is 55.6 Å². The summed E-state index contributed by atoms with van der Waals surface area (Å²) < 4.78 is 6.46. The summed E-state index contributed by atoms with van der Waals surface area (Å²) in [5.74, 6) is 0.0517. The van der Waals surface area contributed by atoms with Crippen molar-refractivity contribution in [1.82, 2.24) is 15.1 Å². The zero-order valence-corrected chi connectivity index (χ0v) is 21.3. The second-order valence-electron chi connectivity index (χ2n) is 9.52. The lowest BCUT2D eigenvalue weighted by molar-refractivity contribution is 0.0581. The molecule has 2 aromatic carbocycles. The molecule has 2 aromatic heterocycles. The Kier molecular flexibility index (Phi) is 7.85. The quantitative estimate of drug-likeness (QED) is 0.351. The Morgan fingerprint density at radius 3 is 2.57 bits per heavy atom. The maximum Gasteiger partial charge on any atom is 0.274 e. The molecule has 0 bridgehead atoms. The Hall–Kier alpha value is -4.22. The van der Waals surface area contributed by atoms with E-state index in [2.05, 4.69) is 16.3 Å². The normalized spacial score (nSPS) is 12.0. The predicted molar refractivity (Wildman–Crippen MR) is 142 cm³/mol. The number of nitrogens with zero attached hydrogens (tertiary/aromatic N) is 3. The molecule has 37 heavy (non-hydrogen) atoms. The molecule has 0 aliphatic rings. The number of fused-ring (bicyclic) bond motifs is 1.